The maximum absolute atomic E-state index is 12.9. The van der Waals surface area contributed by atoms with E-state index in [1.165, 1.54) is 0 Å². The van der Waals surface area contributed by atoms with Crippen molar-refractivity contribution in [1.29, 1.82) is 0 Å². The molecule has 0 atom stereocenters. The van der Waals surface area contributed by atoms with E-state index in [0.29, 0.717) is 43.9 Å². The van der Waals surface area contributed by atoms with Crippen molar-refractivity contribution in [3.63, 3.8) is 0 Å². The molecular weight excluding hydrogens is 422 g/mol. The largest absolute Gasteiger partial charge is 0.344 e. The fourth-order valence-corrected chi connectivity index (χ4v) is 5.48. The standard InChI is InChI=1S/C20H23N5O3S2/c1-2-13-30(27,28)23-16-6-3-5-15(14-16)19(26)24-9-11-25(12-10-24)20-22-17-7-4-8-21-18(17)29-20/h3-8,14,23H,2,9-13H2,1H3. The van der Waals surface area contributed by atoms with Gasteiger partial charge in [0.15, 0.2) is 5.13 Å². The first-order valence-electron chi connectivity index (χ1n) is 9.81. The molecular formula is C20H23N5O3S2. The van der Waals surface area contributed by atoms with Gasteiger partial charge in [0.05, 0.1) is 5.75 Å². The third-order valence-electron chi connectivity index (χ3n) is 4.85. The summed E-state index contributed by atoms with van der Waals surface area (Å²) < 4.78 is 26.5. The fraction of sp³-hybridized carbons (Fsp3) is 0.350. The number of sulfonamides is 1. The highest BCUT2D eigenvalue weighted by Crippen LogP contribution is 2.28. The molecule has 0 saturated carbocycles. The molecule has 1 fully saturated rings. The van der Waals surface area contributed by atoms with Gasteiger partial charge in [-0.3, -0.25) is 9.52 Å². The van der Waals surface area contributed by atoms with Gasteiger partial charge in [0.25, 0.3) is 5.91 Å². The molecule has 1 aromatic carbocycles. The lowest BCUT2D eigenvalue weighted by Crippen LogP contribution is -2.48. The molecule has 1 N–H and O–H groups in total. The Morgan fingerprint density at radius 3 is 2.70 bits per heavy atom. The SMILES string of the molecule is CCCS(=O)(=O)Nc1cccc(C(=O)N2CCN(c3nc4cccnc4s3)CC2)c1. The first-order valence-corrected chi connectivity index (χ1v) is 12.3. The van der Waals surface area contributed by atoms with Gasteiger partial charge in [-0.2, -0.15) is 0 Å². The molecule has 0 bridgehead atoms. The minimum atomic E-state index is -3.39. The van der Waals surface area contributed by atoms with Gasteiger partial charge in [-0.1, -0.05) is 24.3 Å². The number of pyridine rings is 1. The van der Waals surface area contributed by atoms with Crippen LogP contribution >= 0.6 is 11.3 Å². The number of hydrogen-bond donors (Lipinski definition) is 1. The second kappa shape index (κ2) is 8.57. The number of piperazine rings is 1. The minimum absolute atomic E-state index is 0.0500. The van der Waals surface area contributed by atoms with Crippen LogP contribution in [0.25, 0.3) is 10.3 Å². The summed E-state index contributed by atoms with van der Waals surface area (Å²) in [5.74, 6) is -0.0498. The maximum atomic E-state index is 12.9. The van der Waals surface area contributed by atoms with Crippen LogP contribution in [0.15, 0.2) is 42.6 Å². The third kappa shape index (κ3) is 4.54. The van der Waals surface area contributed by atoms with Gasteiger partial charge in [-0.05, 0) is 36.8 Å². The Bertz CT molecular complexity index is 1120. The number of fused-ring (bicyclic) bond motifs is 1. The molecule has 0 spiro atoms. The summed E-state index contributed by atoms with van der Waals surface area (Å²) >= 11 is 1.56. The summed E-state index contributed by atoms with van der Waals surface area (Å²) in [6.07, 6.45) is 2.29. The topological polar surface area (TPSA) is 95.5 Å². The van der Waals surface area contributed by atoms with Crippen LogP contribution in [0.4, 0.5) is 10.8 Å². The van der Waals surface area contributed by atoms with E-state index >= 15 is 0 Å². The van der Waals surface area contributed by atoms with Crippen molar-refractivity contribution >= 4 is 48.4 Å². The smallest absolute Gasteiger partial charge is 0.254 e. The molecule has 1 aliphatic rings. The number of thiazole rings is 1. The van der Waals surface area contributed by atoms with Gasteiger partial charge in [-0.25, -0.2) is 18.4 Å². The van der Waals surface area contributed by atoms with Crippen LogP contribution in [0.1, 0.15) is 23.7 Å². The Morgan fingerprint density at radius 1 is 1.17 bits per heavy atom. The quantitative estimate of drug-likeness (QED) is 0.627. The predicted octanol–water partition coefficient (Wildman–Crippen LogP) is 2.81. The number of amides is 1. The lowest BCUT2D eigenvalue weighted by molar-refractivity contribution is 0.0747. The Balaban J connectivity index is 1.41. The van der Waals surface area contributed by atoms with Gasteiger partial charge >= 0.3 is 0 Å². The molecule has 158 valence electrons. The first-order chi connectivity index (χ1) is 14.4. The molecule has 0 aliphatic carbocycles. The fourth-order valence-electron chi connectivity index (χ4n) is 3.39. The molecule has 8 nitrogen and oxygen atoms in total. The predicted molar refractivity (Wildman–Crippen MR) is 120 cm³/mol. The minimum Gasteiger partial charge on any atom is -0.344 e. The second-order valence-corrected chi connectivity index (χ2v) is 9.90. The normalized spacial score (nSPS) is 14.8. The highest BCUT2D eigenvalue weighted by Gasteiger charge is 2.24. The van der Waals surface area contributed by atoms with Crippen LogP contribution in [0, 0.1) is 0 Å². The Hall–Kier alpha value is -2.72. The van der Waals surface area contributed by atoms with Crippen molar-refractivity contribution < 1.29 is 13.2 Å². The summed E-state index contributed by atoms with van der Waals surface area (Å²) in [6.45, 7) is 4.34. The van der Waals surface area contributed by atoms with E-state index in [1.54, 1.807) is 46.7 Å². The van der Waals surface area contributed by atoms with Gasteiger partial charge in [0, 0.05) is 43.6 Å². The lowest BCUT2D eigenvalue weighted by atomic mass is 10.1. The molecule has 0 unspecified atom stereocenters. The molecule has 2 aromatic heterocycles. The van der Waals surface area contributed by atoms with E-state index in [4.69, 9.17) is 0 Å². The zero-order valence-electron chi connectivity index (χ0n) is 16.6. The summed E-state index contributed by atoms with van der Waals surface area (Å²) in [4.78, 5) is 26.8. The third-order valence-corrected chi connectivity index (χ3v) is 7.38. The number of aromatic nitrogens is 2. The van der Waals surface area contributed by atoms with Crippen LogP contribution in [0.5, 0.6) is 0 Å². The second-order valence-electron chi connectivity index (χ2n) is 7.11. The Morgan fingerprint density at radius 2 is 1.97 bits per heavy atom. The monoisotopic (exact) mass is 445 g/mol. The first kappa shape index (κ1) is 20.5. The highest BCUT2D eigenvalue weighted by atomic mass is 32.2. The number of carbonyl (C=O) groups is 1. The summed E-state index contributed by atoms with van der Waals surface area (Å²) in [5.41, 5.74) is 1.78. The molecule has 3 heterocycles. The van der Waals surface area contributed by atoms with Crippen LogP contribution < -0.4 is 9.62 Å². The number of anilines is 2. The molecule has 0 radical (unpaired) electrons. The van der Waals surface area contributed by atoms with Crippen molar-refractivity contribution in [2.75, 3.05) is 41.6 Å². The number of rotatable bonds is 6. The van der Waals surface area contributed by atoms with Crippen LogP contribution in [0.3, 0.4) is 0 Å². The molecule has 1 amide bonds. The number of hydrogen-bond acceptors (Lipinski definition) is 7. The van der Waals surface area contributed by atoms with E-state index in [1.807, 2.05) is 19.1 Å². The van der Waals surface area contributed by atoms with Crippen LogP contribution in [0.2, 0.25) is 0 Å². The van der Waals surface area contributed by atoms with E-state index < -0.39 is 10.0 Å². The number of benzene rings is 1. The van der Waals surface area contributed by atoms with Gasteiger partial charge in [0.2, 0.25) is 10.0 Å². The van der Waals surface area contributed by atoms with E-state index in [-0.39, 0.29) is 11.7 Å². The van der Waals surface area contributed by atoms with E-state index in [2.05, 4.69) is 19.6 Å². The zero-order valence-corrected chi connectivity index (χ0v) is 18.2. The maximum Gasteiger partial charge on any atom is 0.254 e. The van der Waals surface area contributed by atoms with Crippen molar-refractivity contribution in [1.82, 2.24) is 14.9 Å². The van der Waals surface area contributed by atoms with Gasteiger partial charge in [0.1, 0.15) is 10.3 Å². The van der Waals surface area contributed by atoms with Gasteiger partial charge in [-0.15, -0.1) is 0 Å². The average molecular weight is 446 g/mol. The summed E-state index contributed by atoms with van der Waals surface area (Å²) in [5, 5.41) is 0.920. The molecule has 3 aromatic rings. The van der Waals surface area contributed by atoms with Crippen molar-refractivity contribution in [2.24, 2.45) is 0 Å². The zero-order chi connectivity index (χ0) is 21.1. The number of carbonyl (C=O) groups excluding carboxylic acids is 1. The number of nitrogens with zero attached hydrogens (tertiary/aromatic N) is 4. The van der Waals surface area contributed by atoms with E-state index in [9.17, 15) is 13.2 Å². The average Bonchev–Trinajstić information content (AvgIpc) is 3.17. The van der Waals surface area contributed by atoms with Crippen LogP contribution in [-0.2, 0) is 10.0 Å². The molecule has 10 heteroatoms. The summed E-state index contributed by atoms with van der Waals surface area (Å²) in [6, 6.07) is 10.5. The van der Waals surface area contributed by atoms with E-state index in [0.717, 1.165) is 15.5 Å². The number of nitrogens with one attached hydrogen (secondary N) is 1. The van der Waals surface area contributed by atoms with Crippen molar-refractivity contribution in [3.8, 4) is 0 Å². The van der Waals surface area contributed by atoms with Crippen molar-refractivity contribution in [3.05, 3.63) is 48.2 Å². The molecule has 1 saturated heterocycles. The molecule has 30 heavy (non-hydrogen) atoms. The van der Waals surface area contributed by atoms with Crippen molar-refractivity contribution in [2.45, 2.75) is 13.3 Å². The Kier molecular flexibility index (Phi) is 5.87. The van der Waals surface area contributed by atoms with Crippen LogP contribution in [-0.4, -0.2) is 61.1 Å². The summed E-state index contributed by atoms with van der Waals surface area (Å²) in [7, 11) is -3.39. The van der Waals surface area contributed by atoms with Gasteiger partial charge < -0.3 is 9.80 Å². The lowest BCUT2D eigenvalue weighted by Gasteiger charge is -2.34. The highest BCUT2D eigenvalue weighted by molar-refractivity contribution is 7.92. The molecule has 4 rings (SSSR count). The Labute approximate surface area is 179 Å². The molecule has 1 aliphatic heterocycles.